The lowest BCUT2D eigenvalue weighted by Crippen LogP contribution is -2.22. The second-order valence-corrected chi connectivity index (χ2v) is 6.34. The van der Waals surface area contributed by atoms with Crippen LogP contribution in [0.2, 0.25) is 5.02 Å². The minimum absolute atomic E-state index is 0.449. The summed E-state index contributed by atoms with van der Waals surface area (Å²) in [6.07, 6.45) is 2.40. The van der Waals surface area contributed by atoms with Crippen molar-refractivity contribution in [2.45, 2.75) is 25.4 Å². The summed E-state index contributed by atoms with van der Waals surface area (Å²) in [4.78, 5) is 2.51. The van der Waals surface area contributed by atoms with Crippen LogP contribution in [0.1, 0.15) is 30.0 Å². The largest absolute Gasteiger partial charge is 0.497 e. The fourth-order valence-corrected chi connectivity index (χ4v) is 3.40. The van der Waals surface area contributed by atoms with Crippen molar-refractivity contribution in [2.75, 3.05) is 20.8 Å². The molecule has 0 spiro atoms. The molecule has 1 atom stereocenters. The van der Waals surface area contributed by atoms with Gasteiger partial charge in [0.1, 0.15) is 11.5 Å². The first-order valence-corrected chi connectivity index (χ1v) is 8.29. The number of methoxy groups -OCH3 is 2. The van der Waals surface area contributed by atoms with E-state index in [-0.39, 0.29) is 0 Å². The van der Waals surface area contributed by atoms with E-state index in [1.54, 1.807) is 14.2 Å². The molecule has 2 aromatic rings. The number of ether oxygens (including phenoxy) is 2. The molecular weight excluding hydrogens is 310 g/mol. The number of likely N-dealkylation sites (tertiary alicyclic amines) is 1. The zero-order chi connectivity index (χ0) is 16.2. The maximum atomic E-state index is 6.01. The summed E-state index contributed by atoms with van der Waals surface area (Å²) in [6, 6.07) is 14.7. The molecule has 2 aromatic carbocycles. The molecule has 3 rings (SSSR count). The highest BCUT2D eigenvalue weighted by Gasteiger charge is 2.26. The highest BCUT2D eigenvalue weighted by Crippen LogP contribution is 2.34. The molecule has 1 fully saturated rings. The topological polar surface area (TPSA) is 21.7 Å². The van der Waals surface area contributed by atoms with Crippen LogP contribution in [0.3, 0.4) is 0 Å². The van der Waals surface area contributed by atoms with E-state index in [9.17, 15) is 0 Å². The van der Waals surface area contributed by atoms with Gasteiger partial charge in [-0.05, 0) is 54.8 Å². The predicted molar refractivity (Wildman–Crippen MR) is 93.4 cm³/mol. The van der Waals surface area contributed by atoms with Gasteiger partial charge in [0.2, 0.25) is 0 Å². The second-order valence-electron chi connectivity index (χ2n) is 5.90. The molecule has 1 aliphatic rings. The average Bonchev–Trinajstić information content (AvgIpc) is 3.03. The standard InChI is InChI=1S/C19H22ClNO2/c1-22-17-10-14(11-18(12-17)23-2)13-21-9-3-4-19(21)15-5-7-16(20)8-6-15/h5-8,10-12,19H,3-4,9,13H2,1-2H3/t19-/m1/s1. The lowest BCUT2D eigenvalue weighted by Gasteiger charge is -2.25. The third-order valence-electron chi connectivity index (χ3n) is 4.42. The van der Waals surface area contributed by atoms with Gasteiger partial charge < -0.3 is 9.47 Å². The predicted octanol–water partition coefficient (Wildman–Crippen LogP) is 4.69. The van der Waals surface area contributed by atoms with E-state index in [1.807, 2.05) is 18.2 Å². The number of nitrogens with zero attached hydrogens (tertiary/aromatic N) is 1. The Morgan fingerprint density at radius 3 is 2.30 bits per heavy atom. The SMILES string of the molecule is COc1cc(CN2CCC[C@@H]2c2ccc(Cl)cc2)cc(OC)c1. The van der Waals surface area contributed by atoms with Gasteiger partial charge in [0.25, 0.3) is 0 Å². The first-order valence-electron chi connectivity index (χ1n) is 7.91. The van der Waals surface area contributed by atoms with Crippen molar-refractivity contribution < 1.29 is 9.47 Å². The van der Waals surface area contributed by atoms with Crippen LogP contribution in [-0.2, 0) is 6.54 Å². The quantitative estimate of drug-likeness (QED) is 0.793. The Balaban J connectivity index is 1.80. The molecule has 0 bridgehead atoms. The van der Waals surface area contributed by atoms with Gasteiger partial charge in [-0.1, -0.05) is 23.7 Å². The Labute approximate surface area is 142 Å². The number of rotatable bonds is 5. The molecule has 122 valence electrons. The Morgan fingerprint density at radius 1 is 1.04 bits per heavy atom. The Morgan fingerprint density at radius 2 is 1.70 bits per heavy atom. The van der Waals surface area contributed by atoms with Gasteiger partial charge in [-0.15, -0.1) is 0 Å². The molecule has 4 heteroatoms. The molecule has 0 N–H and O–H groups in total. The van der Waals surface area contributed by atoms with Gasteiger partial charge >= 0.3 is 0 Å². The van der Waals surface area contributed by atoms with Crippen LogP contribution in [0, 0.1) is 0 Å². The van der Waals surface area contributed by atoms with Crippen LogP contribution in [0.5, 0.6) is 11.5 Å². The second kappa shape index (κ2) is 7.24. The van der Waals surface area contributed by atoms with E-state index < -0.39 is 0 Å². The lowest BCUT2D eigenvalue weighted by molar-refractivity contribution is 0.247. The van der Waals surface area contributed by atoms with E-state index in [4.69, 9.17) is 21.1 Å². The molecule has 1 aliphatic heterocycles. The third kappa shape index (κ3) is 3.80. The fourth-order valence-electron chi connectivity index (χ4n) is 3.27. The third-order valence-corrected chi connectivity index (χ3v) is 4.67. The van der Waals surface area contributed by atoms with Crippen LogP contribution in [0.25, 0.3) is 0 Å². The van der Waals surface area contributed by atoms with Crippen molar-refractivity contribution >= 4 is 11.6 Å². The van der Waals surface area contributed by atoms with Crippen molar-refractivity contribution in [2.24, 2.45) is 0 Å². The molecule has 0 unspecified atom stereocenters. The number of halogens is 1. The van der Waals surface area contributed by atoms with Gasteiger partial charge in [-0.25, -0.2) is 0 Å². The van der Waals surface area contributed by atoms with Crippen LogP contribution >= 0.6 is 11.6 Å². The number of hydrogen-bond donors (Lipinski definition) is 0. The fraction of sp³-hybridized carbons (Fsp3) is 0.368. The normalized spacial score (nSPS) is 18.1. The van der Waals surface area contributed by atoms with E-state index in [2.05, 4.69) is 29.2 Å². The zero-order valence-electron chi connectivity index (χ0n) is 13.6. The van der Waals surface area contributed by atoms with E-state index in [1.165, 1.54) is 24.0 Å². The highest BCUT2D eigenvalue weighted by atomic mass is 35.5. The summed E-state index contributed by atoms with van der Waals surface area (Å²) in [5.74, 6) is 1.67. The molecule has 23 heavy (non-hydrogen) atoms. The Hall–Kier alpha value is -1.71. The van der Waals surface area contributed by atoms with Crippen LogP contribution in [0.15, 0.2) is 42.5 Å². The van der Waals surface area contributed by atoms with Crippen molar-refractivity contribution in [3.05, 3.63) is 58.6 Å². The molecule has 0 radical (unpaired) electrons. The van der Waals surface area contributed by atoms with Crippen molar-refractivity contribution in [1.29, 1.82) is 0 Å². The molecular formula is C19H22ClNO2. The molecule has 0 aromatic heterocycles. The van der Waals surface area contributed by atoms with Crippen LogP contribution < -0.4 is 9.47 Å². The molecule has 0 saturated carbocycles. The smallest absolute Gasteiger partial charge is 0.122 e. The average molecular weight is 332 g/mol. The highest BCUT2D eigenvalue weighted by molar-refractivity contribution is 6.30. The maximum absolute atomic E-state index is 6.01. The Bertz CT molecular complexity index is 635. The van der Waals surface area contributed by atoms with E-state index in [0.717, 1.165) is 29.6 Å². The van der Waals surface area contributed by atoms with Gasteiger partial charge in [0.05, 0.1) is 14.2 Å². The summed E-state index contributed by atoms with van der Waals surface area (Å²) in [5.41, 5.74) is 2.55. The lowest BCUT2D eigenvalue weighted by atomic mass is 10.0. The molecule has 1 heterocycles. The summed E-state index contributed by atoms with van der Waals surface area (Å²) in [5, 5.41) is 0.788. The molecule has 1 saturated heterocycles. The first kappa shape index (κ1) is 16.2. The molecule has 0 aliphatic carbocycles. The molecule has 0 amide bonds. The Kier molecular flexibility index (Phi) is 5.09. The summed E-state index contributed by atoms with van der Waals surface area (Å²) in [6.45, 7) is 1.99. The van der Waals surface area contributed by atoms with Gasteiger partial charge in [0, 0.05) is 23.7 Å². The number of benzene rings is 2. The van der Waals surface area contributed by atoms with Crippen LogP contribution in [-0.4, -0.2) is 25.7 Å². The van der Waals surface area contributed by atoms with Crippen molar-refractivity contribution in [3.63, 3.8) is 0 Å². The summed E-state index contributed by atoms with van der Waals surface area (Å²) in [7, 11) is 3.37. The monoisotopic (exact) mass is 331 g/mol. The summed E-state index contributed by atoms with van der Waals surface area (Å²) >= 11 is 6.01. The van der Waals surface area contributed by atoms with Gasteiger partial charge in [-0.3, -0.25) is 4.90 Å². The van der Waals surface area contributed by atoms with Gasteiger partial charge in [0.15, 0.2) is 0 Å². The minimum Gasteiger partial charge on any atom is -0.497 e. The van der Waals surface area contributed by atoms with E-state index in [0.29, 0.717) is 6.04 Å². The van der Waals surface area contributed by atoms with Crippen molar-refractivity contribution in [3.8, 4) is 11.5 Å². The summed E-state index contributed by atoms with van der Waals surface area (Å²) < 4.78 is 10.7. The number of hydrogen-bond acceptors (Lipinski definition) is 3. The van der Waals surface area contributed by atoms with E-state index >= 15 is 0 Å². The maximum Gasteiger partial charge on any atom is 0.122 e. The van der Waals surface area contributed by atoms with Crippen molar-refractivity contribution in [1.82, 2.24) is 4.90 Å². The van der Waals surface area contributed by atoms with Gasteiger partial charge in [-0.2, -0.15) is 0 Å². The van der Waals surface area contributed by atoms with Crippen LogP contribution in [0.4, 0.5) is 0 Å². The zero-order valence-corrected chi connectivity index (χ0v) is 14.3. The molecule has 3 nitrogen and oxygen atoms in total. The first-order chi connectivity index (χ1) is 11.2. The minimum atomic E-state index is 0.449.